The van der Waals surface area contributed by atoms with Gasteiger partial charge >= 0.3 is 0 Å². The lowest BCUT2D eigenvalue weighted by Crippen LogP contribution is -2.24. The number of anilines is 1. The molecule has 6 rings (SSSR count). The molecule has 0 unspecified atom stereocenters. The summed E-state index contributed by atoms with van der Waals surface area (Å²) in [5.41, 5.74) is 12.5. The molecule has 1 aliphatic rings. The van der Waals surface area contributed by atoms with E-state index in [4.69, 9.17) is 5.73 Å². The number of aromatic nitrogens is 1. The topological polar surface area (TPSA) is 79.2 Å². The lowest BCUT2D eigenvalue weighted by molar-refractivity contribution is 0.0990. The third kappa shape index (κ3) is 3.67. The Morgan fingerprint density at radius 1 is 0.892 bits per heavy atom. The van der Waals surface area contributed by atoms with E-state index in [1.165, 1.54) is 24.3 Å². The molecular formula is C30H21F2N3O2. The summed E-state index contributed by atoms with van der Waals surface area (Å²) >= 11 is 0. The van der Waals surface area contributed by atoms with E-state index in [0.29, 0.717) is 28.9 Å². The van der Waals surface area contributed by atoms with Gasteiger partial charge in [-0.05, 0) is 89.3 Å². The van der Waals surface area contributed by atoms with Crippen molar-refractivity contribution in [1.82, 2.24) is 4.98 Å². The number of fused-ring (bicyclic) bond motifs is 2. The second-order valence-electron chi connectivity index (χ2n) is 9.15. The molecule has 0 bridgehead atoms. The molecule has 5 aromatic rings. The Bertz CT molecular complexity index is 1740. The van der Waals surface area contributed by atoms with Gasteiger partial charge in [-0.15, -0.1) is 0 Å². The van der Waals surface area contributed by atoms with Crippen molar-refractivity contribution in [2.24, 2.45) is 5.73 Å². The highest BCUT2D eigenvalue weighted by molar-refractivity contribution is 6.12. The average Bonchev–Trinajstić information content (AvgIpc) is 3.46. The highest BCUT2D eigenvalue weighted by atomic mass is 19.1. The minimum atomic E-state index is -0.567. The number of hydrogen-bond acceptors (Lipinski definition) is 2. The molecule has 182 valence electrons. The quantitative estimate of drug-likeness (QED) is 0.306. The zero-order valence-corrected chi connectivity index (χ0v) is 19.8. The third-order valence-electron chi connectivity index (χ3n) is 6.98. The van der Waals surface area contributed by atoms with Gasteiger partial charge in [0.05, 0.1) is 17.6 Å². The summed E-state index contributed by atoms with van der Waals surface area (Å²) in [6.45, 7) is 2.29. The summed E-state index contributed by atoms with van der Waals surface area (Å²) in [6.07, 6.45) is 0. The van der Waals surface area contributed by atoms with E-state index in [1.807, 2.05) is 37.3 Å². The van der Waals surface area contributed by atoms with Crippen molar-refractivity contribution < 1.29 is 18.4 Å². The first-order valence-corrected chi connectivity index (χ1v) is 11.7. The van der Waals surface area contributed by atoms with Gasteiger partial charge in [-0.2, -0.15) is 0 Å². The van der Waals surface area contributed by atoms with Crippen molar-refractivity contribution in [1.29, 1.82) is 0 Å². The molecule has 0 saturated heterocycles. The number of nitrogens with one attached hydrogen (secondary N) is 1. The second-order valence-corrected chi connectivity index (χ2v) is 9.15. The fourth-order valence-corrected chi connectivity index (χ4v) is 5.12. The molecule has 0 spiro atoms. The molecule has 5 nitrogen and oxygen atoms in total. The van der Waals surface area contributed by atoms with Crippen LogP contribution in [0.25, 0.3) is 33.3 Å². The Balaban J connectivity index is 1.50. The SMILES string of the molecule is Cc1c(-c2ccc(C(N)=O)c3[nH]c(-c4ccc(F)cc4)cc23)cccc1N1Cc2ccc(F)cc2C1=O. The van der Waals surface area contributed by atoms with E-state index in [0.717, 1.165) is 38.9 Å². The number of nitrogens with two attached hydrogens (primary N) is 1. The first-order chi connectivity index (χ1) is 17.8. The van der Waals surface area contributed by atoms with E-state index >= 15 is 0 Å². The van der Waals surface area contributed by atoms with Crippen LogP contribution in [-0.2, 0) is 6.54 Å². The van der Waals surface area contributed by atoms with E-state index < -0.39 is 11.7 Å². The summed E-state index contributed by atoms with van der Waals surface area (Å²) < 4.78 is 27.3. The molecule has 2 heterocycles. The Morgan fingerprint density at radius 3 is 2.41 bits per heavy atom. The van der Waals surface area contributed by atoms with E-state index in [1.54, 1.807) is 29.2 Å². The van der Waals surface area contributed by atoms with Crippen LogP contribution in [0.5, 0.6) is 0 Å². The summed E-state index contributed by atoms with van der Waals surface area (Å²) in [7, 11) is 0. The van der Waals surface area contributed by atoms with E-state index in [9.17, 15) is 18.4 Å². The molecule has 0 radical (unpaired) electrons. The van der Waals surface area contributed by atoms with Crippen LogP contribution in [-0.4, -0.2) is 16.8 Å². The number of aromatic amines is 1. The third-order valence-corrected chi connectivity index (χ3v) is 6.98. The van der Waals surface area contributed by atoms with Crippen LogP contribution >= 0.6 is 0 Å². The van der Waals surface area contributed by atoms with Crippen molar-refractivity contribution in [3.8, 4) is 22.4 Å². The van der Waals surface area contributed by atoms with Crippen molar-refractivity contribution in [2.75, 3.05) is 4.90 Å². The largest absolute Gasteiger partial charge is 0.366 e. The van der Waals surface area contributed by atoms with E-state index in [-0.39, 0.29) is 11.7 Å². The van der Waals surface area contributed by atoms with Gasteiger partial charge in [0, 0.05) is 22.3 Å². The lowest BCUT2D eigenvalue weighted by Gasteiger charge is -2.21. The molecule has 3 N–H and O–H groups in total. The Morgan fingerprint density at radius 2 is 1.65 bits per heavy atom. The molecule has 1 aromatic heterocycles. The van der Waals surface area contributed by atoms with Gasteiger partial charge in [0.1, 0.15) is 11.6 Å². The van der Waals surface area contributed by atoms with Gasteiger partial charge in [0.25, 0.3) is 11.8 Å². The van der Waals surface area contributed by atoms with Gasteiger partial charge in [-0.1, -0.05) is 24.3 Å². The van der Waals surface area contributed by atoms with Crippen LogP contribution in [0, 0.1) is 18.6 Å². The number of halogens is 2. The molecule has 0 saturated carbocycles. The Kier molecular flexibility index (Phi) is 5.15. The first-order valence-electron chi connectivity index (χ1n) is 11.7. The number of rotatable bonds is 4. The van der Waals surface area contributed by atoms with Crippen molar-refractivity contribution >= 4 is 28.4 Å². The number of H-pyrrole nitrogens is 1. The smallest absolute Gasteiger partial charge is 0.259 e. The predicted molar refractivity (Wildman–Crippen MR) is 139 cm³/mol. The average molecular weight is 494 g/mol. The van der Waals surface area contributed by atoms with Gasteiger partial charge in [0.2, 0.25) is 0 Å². The number of benzene rings is 4. The number of primary amides is 1. The number of amides is 2. The van der Waals surface area contributed by atoms with Crippen LogP contribution in [0.15, 0.2) is 78.9 Å². The fourth-order valence-electron chi connectivity index (χ4n) is 5.12. The maximum absolute atomic E-state index is 13.8. The maximum Gasteiger partial charge on any atom is 0.259 e. The van der Waals surface area contributed by atoms with Crippen LogP contribution in [0.1, 0.15) is 31.8 Å². The summed E-state index contributed by atoms with van der Waals surface area (Å²) in [5, 5.41) is 0.772. The zero-order chi connectivity index (χ0) is 25.8. The summed E-state index contributed by atoms with van der Waals surface area (Å²) in [6, 6.07) is 21.5. The number of hydrogen-bond donors (Lipinski definition) is 2. The number of carbonyl (C=O) groups is 2. The number of nitrogens with zero attached hydrogens (tertiary/aromatic N) is 1. The molecule has 2 amide bonds. The summed E-state index contributed by atoms with van der Waals surface area (Å²) in [4.78, 5) is 30.3. The molecule has 7 heteroatoms. The predicted octanol–water partition coefficient (Wildman–Crippen LogP) is 6.35. The molecule has 37 heavy (non-hydrogen) atoms. The molecule has 1 aliphatic heterocycles. The zero-order valence-electron chi connectivity index (χ0n) is 19.8. The van der Waals surface area contributed by atoms with Gasteiger partial charge < -0.3 is 15.6 Å². The Hall–Kier alpha value is -4.78. The van der Waals surface area contributed by atoms with Crippen molar-refractivity contribution in [3.05, 3.63) is 113 Å². The minimum absolute atomic E-state index is 0.246. The van der Waals surface area contributed by atoms with Gasteiger partial charge in [-0.25, -0.2) is 8.78 Å². The lowest BCUT2D eigenvalue weighted by atomic mass is 9.94. The van der Waals surface area contributed by atoms with E-state index in [2.05, 4.69) is 4.98 Å². The summed E-state index contributed by atoms with van der Waals surface area (Å²) in [5.74, 6) is -1.60. The second kappa shape index (κ2) is 8.41. The van der Waals surface area contributed by atoms with Gasteiger partial charge in [-0.3, -0.25) is 9.59 Å². The van der Waals surface area contributed by atoms with Crippen LogP contribution in [0.3, 0.4) is 0 Å². The van der Waals surface area contributed by atoms with Crippen LogP contribution in [0.4, 0.5) is 14.5 Å². The molecular weight excluding hydrogens is 472 g/mol. The molecule has 0 aliphatic carbocycles. The minimum Gasteiger partial charge on any atom is -0.366 e. The van der Waals surface area contributed by atoms with Crippen LogP contribution in [0.2, 0.25) is 0 Å². The molecule has 0 atom stereocenters. The fraction of sp³-hybridized carbons (Fsp3) is 0.0667. The molecule has 4 aromatic carbocycles. The number of carbonyl (C=O) groups excluding carboxylic acids is 2. The van der Waals surface area contributed by atoms with Gasteiger partial charge in [0.15, 0.2) is 0 Å². The monoisotopic (exact) mass is 493 g/mol. The first kappa shape index (κ1) is 22.7. The standard InChI is InChI=1S/C30H21F2N3O2/c1-16-21(3-2-4-27(16)35-15-18-7-10-20(32)13-24(18)30(35)37)22-11-12-23(29(33)36)28-25(22)14-26(34-28)17-5-8-19(31)9-6-17/h2-14,34H,15H2,1H3,(H2,33,36). The Labute approximate surface area is 211 Å². The van der Waals surface area contributed by atoms with Crippen molar-refractivity contribution in [3.63, 3.8) is 0 Å². The molecule has 0 fully saturated rings. The normalized spacial score (nSPS) is 12.8. The van der Waals surface area contributed by atoms with Crippen LogP contribution < -0.4 is 10.6 Å². The van der Waals surface area contributed by atoms with Crippen molar-refractivity contribution in [2.45, 2.75) is 13.5 Å². The highest BCUT2D eigenvalue weighted by Crippen LogP contribution is 2.39. The highest BCUT2D eigenvalue weighted by Gasteiger charge is 2.30. The maximum atomic E-state index is 13.8.